The predicted octanol–water partition coefficient (Wildman–Crippen LogP) is 5.03. The lowest BCUT2D eigenvalue weighted by atomic mass is 10.0. The average molecular weight is 331 g/mol. The Bertz CT molecular complexity index is 723. The van der Waals surface area contributed by atoms with Crippen molar-refractivity contribution in [1.29, 1.82) is 0 Å². The van der Waals surface area contributed by atoms with E-state index in [2.05, 4.69) is 13.8 Å². The van der Waals surface area contributed by atoms with Crippen LogP contribution in [0.2, 0.25) is 0 Å². The molecule has 0 aliphatic heterocycles. The van der Waals surface area contributed by atoms with Gasteiger partial charge in [0.1, 0.15) is 5.75 Å². The summed E-state index contributed by atoms with van der Waals surface area (Å²) in [6.07, 6.45) is 0. The van der Waals surface area contributed by atoms with Crippen LogP contribution in [0.15, 0.2) is 36.4 Å². The van der Waals surface area contributed by atoms with Gasteiger partial charge in [0.05, 0.1) is 5.56 Å². The number of hydrogen-bond donors (Lipinski definition) is 0. The third-order valence-electron chi connectivity index (χ3n) is 3.70. The third kappa shape index (κ3) is 3.99. The molecule has 0 saturated carbocycles. The van der Waals surface area contributed by atoms with E-state index < -0.39 is 11.2 Å². The van der Waals surface area contributed by atoms with Crippen LogP contribution in [-0.2, 0) is 0 Å². The molecule has 0 fully saturated rings. The molecule has 0 unspecified atom stereocenters. The maximum absolute atomic E-state index is 12.3. The van der Waals surface area contributed by atoms with Crippen LogP contribution >= 0.6 is 11.6 Å². The Kier molecular flexibility index (Phi) is 5.22. The zero-order valence-corrected chi connectivity index (χ0v) is 14.4. The fourth-order valence-corrected chi connectivity index (χ4v) is 2.49. The van der Waals surface area contributed by atoms with Crippen LogP contribution in [0.4, 0.5) is 0 Å². The quantitative estimate of drug-likeness (QED) is 0.449. The molecule has 0 saturated heterocycles. The maximum atomic E-state index is 12.3. The van der Waals surface area contributed by atoms with E-state index in [0.29, 0.717) is 33.9 Å². The zero-order valence-electron chi connectivity index (χ0n) is 13.6. The average Bonchev–Trinajstić information content (AvgIpc) is 2.50. The summed E-state index contributed by atoms with van der Waals surface area (Å²) in [5.41, 5.74) is 3.44. The lowest BCUT2D eigenvalue weighted by Gasteiger charge is -2.12. The minimum atomic E-state index is -0.529. The first-order valence-electron chi connectivity index (χ1n) is 7.42. The van der Waals surface area contributed by atoms with E-state index in [9.17, 15) is 9.59 Å². The number of halogens is 1. The van der Waals surface area contributed by atoms with Gasteiger partial charge in [0.25, 0.3) is 5.24 Å². The maximum Gasteiger partial charge on any atom is 0.343 e. The normalized spacial score (nSPS) is 10.7. The van der Waals surface area contributed by atoms with Gasteiger partial charge in [-0.25, -0.2) is 4.79 Å². The van der Waals surface area contributed by atoms with Crippen LogP contribution in [0.5, 0.6) is 5.75 Å². The van der Waals surface area contributed by atoms with Crippen molar-refractivity contribution >= 4 is 22.8 Å². The van der Waals surface area contributed by atoms with E-state index in [1.165, 1.54) is 5.56 Å². The van der Waals surface area contributed by atoms with E-state index in [4.69, 9.17) is 16.3 Å². The van der Waals surface area contributed by atoms with Crippen LogP contribution in [-0.4, -0.2) is 11.2 Å². The molecule has 2 aromatic rings. The highest BCUT2D eigenvalue weighted by Gasteiger charge is 2.15. The summed E-state index contributed by atoms with van der Waals surface area (Å²) in [4.78, 5) is 23.6. The van der Waals surface area contributed by atoms with Crippen molar-refractivity contribution in [3.63, 3.8) is 0 Å². The highest BCUT2D eigenvalue weighted by molar-refractivity contribution is 6.67. The van der Waals surface area contributed by atoms with Crippen LogP contribution in [0.1, 0.15) is 57.2 Å². The van der Waals surface area contributed by atoms with Gasteiger partial charge in [-0.15, -0.1) is 0 Å². The summed E-state index contributed by atoms with van der Waals surface area (Å²) in [6, 6.07) is 10.6. The molecule has 2 rings (SSSR count). The molecular formula is C19H19ClO3. The molecule has 0 bridgehead atoms. The SMILES string of the molecule is Cc1cc(C(=O)Cl)cc(C)c1OC(=O)c1ccc(C(C)C)cc1. The molecule has 0 atom stereocenters. The first kappa shape index (κ1) is 17.2. The van der Waals surface area contributed by atoms with Crippen LogP contribution in [0.3, 0.4) is 0 Å². The first-order chi connectivity index (χ1) is 10.8. The van der Waals surface area contributed by atoms with Gasteiger partial charge in [-0.3, -0.25) is 4.79 Å². The standard InChI is InChI=1S/C19H19ClO3/c1-11(2)14-5-7-15(8-6-14)19(22)23-17-12(3)9-16(18(20)21)10-13(17)4/h5-11H,1-4H3. The van der Waals surface area contributed by atoms with Crippen molar-refractivity contribution in [2.75, 3.05) is 0 Å². The molecule has 2 aromatic carbocycles. The number of aryl methyl sites for hydroxylation is 2. The number of rotatable bonds is 4. The molecule has 0 aromatic heterocycles. The minimum absolute atomic E-state index is 0.391. The number of hydrogen-bond acceptors (Lipinski definition) is 3. The Morgan fingerprint density at radius 3 is 1.91 bits per heavy atom. The first-order valence-corrected chi connectivity index (χ1v) is 7.80. The molecule has 3 nitrogen and oxygen atoms in total. The lowest BCUT2D eigenvalue weighted by molar-refractivity contribution is 0.0732. The molecule has 0 aliphatic carbocycles. The van der Waals surface area contributed by atoms with E-state index in [1.54, 1.807) is 38.1 Å². The topological polar surface area (TPSA) is 43.4 Å². The Labute approximate surface area is 141 Å². The van der Waals surface area contributed by atoms with Crippen molar-refractivity contribution in [2.45, 2.75) is 33.6 Å². The number of ether oxygens (including phenoxy) is 1. The van der Waals surface area contributed by atoms with Crippen molar-refractivity contribution in [3.8, 4) is 5.75 Å². The van der Waals surface area contributed by atoms with E-state index in [0.717, 1.165) is 0 Å². The summed E-state index contributed by atoms with van der Waals surface area (Å²) >= 11 is 5.49. The predicted molar refractivity (Wildman–Crippen MR) is 91.6 cm³/mol. The number of benzene rings is 2. The summed E-state index contributed by atoms with van der Waals surface area (Å²) in [6.45, 7) is 7.75. The molecule has 0 radical (unpaired) electrons. The molecule has 0 heterocycles. The van der Waals surface area contributed by atoms with Crippen molar-refractivity contribution < 1.29 is 14.3 Å². The zero-order chi connectivity index (χ0) is 17.1. The fraction of sp³-hybridized carbons (Fsp3) is 0.263. The van der Waals surface area contributed by atoms with Gasteiger partial charge in [0, 0.05) is 5.56 Å². The Morgan fingerprint density at radius 1 is 0.957 bits per heavy atom. The molecule has 23 heavy (non-hydrogen) atoms. The van der Waals surface area contributed by atoms with Crippen molar-refractivity contribution in [1.82, 2.24) is 0 Å². The second-order valence-corrected chi connectivity index (χ2v) is 6.22. The van der Waals surface area contributed by atoms with Gasteiger partial charge < -0.3 is 4.74 Å². The highest BCUT2D eigenvalue weighted by atomic mass is 35.5. The Morgan fingerprint density at radius 2 is 1.48 bits per heavy atom. The summed E-state index contributed by atoms with van der Waals surface area (Å²) < 4.78 is 5.50. The minimum Gasteiger partial charge on any atom is -0.422 e. The van der Waals surface area contributed by atoms with Gasteiger partial charge in [0.2, 0.25) is 0 Å². The summed E-state index contributed by atoms with van der Waals surface area (Å²) in [7, 11) is 0. The van der Waals surface area contributed by atoms with Gasteiger partial charge in [-0.1, -0.05) is 26.0 Å². The molecule has 0 spiro atoms. The monoisotopic (exact) mass is 330 g/mol. The van der Waals surface area contributed by atoms with Gasteiger partial charge in [0.15, 0.2) is 0 Å². The van der Waals surface area contributed by atoms with Crippen LogP contribution in [0.25, 0.3) is 0 Å². The van der Waals surface area contributed by atoms with Crippen molar-refractivity contribution in [3.05, 3.63) is 64.2 Å². The van der Waals surface area contributed by atoms with Crippen LogP contribution in [0, 0.1) is 13.8 Å². The van der Waals surface area contributed by atoms with Gasteiger partial charge >= 0.3 is 5.97 Å². The smallest absolute Gasteiger partial charge is 0.343 e. The van der Waals surface area contributed by atoms with Crippen molar-refractivity contribution in [2.24, 2.45) is 0 Å². The Hall–Kier alpha value is -2.13. The van der Waals surface area contributed by atoms with Crippen LogP contribution < -0.4 is 4.74 Å². The second-order valence-electron chi connectivity index (χ2n) is 5.88. The van der Waals surface area contributed by atoms with E-state index in [-0.39, 0.29) is 0 Å². The molecule has 0 aliphatic rings. The molecule has 120 valence electrons. The molecule has 0 N–H and O–H groups in total. The number of esters is 1. The summed E-state index contributed by atoms with van der Waals surface area (Å²) in [5, 5.41) is -0.529. The van der Waals surface area contributed by atoms with E-state index >= 15 is 0 Å². The fourth-order valence-electron chi connectivity index (χ4n) is 2.38. The van der Waals surface area contributed by atoms with Gasteiger partial charge in [-0.2, -0.15) is 0 Å². The molecule has 4 heteroatoms. The molecule has 0 amide bonds. The molecular weight excluding hydrogens is 312 g/mol. The number of carbonyl (C=O) groups excluding carboxylic acids is 2. The largest absolute Gasteiger partial charge is 0.422 e. The summed E-state index contributed by atoms with van der Waals surface area (Å²) in [5.74, 6) is 0.450. The third-order valence-corrected chi connectivity index (χ3v) is 3.91. The van der Waals surface area contributed by atoms with E-state index in [1.807, 2.05) is 12.1 Å². The highest BCUT2D eigenvalue weighted by Crippen LogP contribution is 2.26. The lowest BCUT2D eigenvalue weighted by Crippen LogP contribution is -2.11. The Balaban J connectivity index is 2.25. The second kappa shape index (κ2) is 6.97. The number of carbonyl (C=O) groups is 2. The van der Waals surface area contributed by atoms with Gasteiger partial charge in [-0.05, 0) is 72.3 Å².